The fourth-order valence-corrected chi connectivity index (χ4v) is 2.52. The molecule has 0 fully saturated rings. The Morgan fingerprint density at radius 3 is 2.54 bits per heavy atom. The van der Waals surface area contributed by atoms with Gasteiger partial charge in [0.2, 0.25) is 23.5 Å². The molecule has 3 rings (SSSR count). The van der Waals surface area contributed by atoms with Crippen LogP contribution in [0.5, 0.6) is 0 Å². The van der Waals surface area contributed by atoms with E-state index in [-0.39, 0.29) is 24.8 Å². The molecule has 0 aliphatic heterocycles. The number of carbonyl (C=O) groups is 2. The number of nitrogens with one attached hydrogen (secondary N) is 1. The second-order valence-electron chi connectivity index (χ2n) is 6.41. The summed E-state index contributed by atoms with van der Waals surface area (Å²) >= 11 is 0. The minimum atomic E-state index is -0.252. The number of carbonyl (C=O) groups excluding carboxylic acids is 2. The zero-order valence-corrected chi connectivity index (χ0v) is 15.8. The molecule has 0 atom stereocenters. The number of likely N-dealkylation sites (N-methyl/N-ethyl adjacent to an activating group) is 1. The molecule has 2 aromatic heterocycles. The number of anilines is 1. The van der Waals surface area contributed by atoms with Crippen LogP contribution in [0.4, 0.5) is 5.69 Å². The van der Waals surface area contributed by atoms with Crippen LogP contribution in [0.15, 0.2) is 53.3 Å². The first-order valence-electron chi connectivity index (χ1n) is 8.85. The third-order valence-electron chi connectivity index (χ3n) is 4.10. The van der Waals surface area contributed by atoms with Gasteiger partial charge in [-0.3, -0.25) is 14.6 Å². The minimum Gasteiger partial charge on any atom is -0.339 e. The van der Waals surface area contributed by atoms with Crippen LogP contribution in [0.1, 0.15) is 17.9 Å². The maximum Gasteiger partial charge on any atom is 0.243 e. The van der Waals surface area contributed by atoms with E-state index in [0.29, 0.717) is 23.8 Å². The van der Waals surface area contributed by atoms with Crippen molar-refractivity contribution in [3.05, 3.63) is 60.2 Å². The van der Waals surface area contributed by atoms with Gasteiger partial charge in [0.25, 0.3) is 0 Å². The molecule has 28 heavy (non-hydrogen) atoms. The van der Waals surface area contributed by atoms with Gasteiger partial charge in [0.05, 0.1) is 6.54 Å². The first-order chi connectivity index (χ1) is 13.5. The average molecular weight is 379 g/mol. The van der Waals surface area contributed by atoms with E-state index in [4.69, 9.17) is 4.52 Å². The van der Waals surface area contributed by atoms with E-state index in [1.807, 2.05) is 31.2 Å². The number of aromatic nitrogens is 3. The van der Waals surface area contributed by atoms with Gasteiger partial charge >= 0.3 is 0 Å². The lowest BCUT2D eigenvalue weighted by Crippen LogP contribution is -2.35. The summed E-state index contributed by atoms with van der Waals surface area (Å²) in [5.41, 5.74) is 2.60. The highest BCUT2D eigenvalue weighted by molar-refractivity contribution is 5.94. The Morgan fingerprint density at radius 1 is 1.11 bits per heavy atom. The number of rotatable bonds is 7. The standard InChI is InChI=1S/C20H21N5O3/c1-14-3-5-16(6-4-14)22-17(26)13-25(2)19(27)8-7-18-23-20(24-28-18)15-9-11-21-12-10-15/h3-6,9-12H,7-8,13H2,1-2H3,(H,22,26). The van der Waals surface area contributed by atoms with Crippen LogP contribution in [0.3, 0.4) is 0 Å². The van der Waals surface area contributed by atoms with E-state index in [0.717, 1.165) is 11.1 Å². The van der Waals surface area contributed by atoms with Crippen molar-refractivity contribution in [2.45, 2.75) is 19.8 Å². The molecule has 0 saturated heterocycles. The third-order valence-corrected chi connectivity index (χ3v) is 4.10. The fourth-order valence-electron chi connectivity index (χ4n) is 2.52. The van der Waals surface area contributed by atoms with E-state index in [2.05, 4.69) is 20.4 Å². The van der Waals surface area contributed by atoms with Crippen molar-refractivity contribution in [3.63, 3.8) is 0 Å². The van der Waals surface area contributed by atoms with Gasteiger partial charge < -0.3 is 14.7 Å². The van der Waals surface area contributed by atoms with Crippen molar-refractivity contribution in [2.24, 2.45) is 0 Å². The van der Waals surface area contributed by atoms with Crippen molar-refractivity contribution >= 4 is 17.5 Å². The molecule has 0 aliphatic carbocycles. The summed E-state index contributed by atoms with van der Waals surface area (Å²) in [5.74, 6) is 0.397. The normalized spacial score (nSPS) is 10.5. The summed E-state index contributed by atoms with van der Waals surface area (Å²) in [6.07, 6.45) is 3.77. The second-order valence-corrected chi connectivity index (χ2v) is 6.41. The number of hydrogen-bond donors (Lipinski definition) is 1. The van der Waals surface area contributed by atoms with Gasteiger partial charge in [-0.05, 0) is 31.2 Å². The molecule has 144 valence electrons. The molecule has 1 aromatic carbocycles. The summed E-state index contributed by atoms with van der Waals surface area (Å²) in [6, 6.07) is 11.0. The molecule has 8 nitrogen and oxygen atoms in total. The Hall–Kier alpha value is -3.55. The molecule has 0 radical (unpaired) electrons. The predicted octanol–water partition coefficient (Wildman–Crippen LogP) is 2.47. The van der Waals surface area contributed by atoms with E-state index in [1.165, 1.54) is 4.90 Å². The molecule has 0 aliphatic rings. The highest BCUT2D eigenvalue weighted by atomic mass is 16.5. The number of pyridine rings is 1. The topological polar surface area (TPSA) is 101 Å². The molecule has 1 N–H and O–H groups in total. The molecular weight excluding hydrogens is 358 g/mol. The van der Waals surface area contributed by atoms with Gasteiger partial charge in [0, 0.05) is 43.5 Å². The van der Waals surface area contributed by atoms with E-state index in [1.54, 1.807) is 31.6 Å². The fraction of sp³-hybridized carbons (Fsp3) is 0.250. The second kappa shape index (κ2) is 8.90. The minimum absolute atomic E-state index is 0.0290. The van der Waals surface area contributed by atoms with Crippen LogP contribution >= 0.6 is 0 Å². The van der Waals surface area contributed by atoms with Crippen LogP contribution in [0.2, 0.25) is 0 Å². The monoisotopic (exact) mass is 379 g/mol. The molecule has 0 unspecified atom stereocenters. The average Bonchev–Trinajstić information content (AvgIpc) is 3.17. The quantitative estimate of drug-likeness (QED) is 0.677. The summed E-state index contributed by atoms with van der Waals surface area (Å²) in [4.78, 5) is 34.0. The molecule has 3 aromatic rings. The summed E-state index contributed by atoms with van der Waals surface area (Å²) in [5, 5.41) is 6.68. The van der Waals surface area contributed by atoms with Crippen molar-refractivity contribution in [2.75, 3.05) is 18.9 Å². The SMILES string of the molecule is Cc1ccc(NC(=O)CN(C)C(=O)CCc2nc(-c3ccncc3)no2)cc1. The lowest BCUT2D eigenvalue weighted by atomic mass is 10.2. The zero-order valence-electron chi connectivity index (χ0n) is 15.8. The number of aryl methyl sites for hydroxylation is 2. The lowest BCUT2D eigenvalue weighted by molar-refractivity contribution is -0.133. The van der Waals surface area contributed by atoms with Crippen molar-refractivity contribution in [1.82, 2.24) is 20.0 Å². The number of benzene rings is 1. The van der Waals surface area contributed by atoms with E-state index < -0.39 is 0 Å². The van der Waals surface area contributed by atoms with Crippen molar-refractivity contribution < 1.29 is 14.1 Å². The maximum atomic E-state index is 12.3. The molecule has 8 heteroatoms. The highest BCUT2D eigenvalue weighted by Gasteiger charge is 2.15. The van der Waals surface area contributed by atoms with Crippen LogP contribution in [0.25, 0.3) is 11.4 Å². The van der Waals surface area contributed by atoms with Crippen molar-refractivity contribution in [1.29, 1.82) is 0 Å². The maximum absolute atomic E-state index is 12.3. The summed E-state index contributed by atoms with van der Waals surface area (Å²) < 4.78 is 5.19. The van der Waals surface area contributed by atoms with Gasteiger partial charge in [-0.2, -0.15) is 4.98 Å². The van der Waals surface area contributed by atoms with Gasteiger partial charge in [0.1, 0.15) is 0 Å². The first-order valence-corrected chi connectivity index (χ1v) is 8.85. The lowest BCUT2D eigenvalue weighted by Gasteiger charge is -2.16. The smallest absolute Gasteiger partial charge is 0.243 e. The van der Waals surface area contributed by atoms with Gasteiger partial charge in [-0.25, -0.2) is 0 Å². The Kier molecular flexibility index (Phi) is 6.11. The third kappa shape index (κ3) is 5.23. The summed E-state index contributed by atoms with van der Waals surface area (Å²) in [7, 11) is 1.59. The Balaban J connectivity index is 1.47. The molecule has 2 amide bonds. The number of amides is 2. The van der Waals surface area contributed by atoms with Gasteiger partial charge in [-0.1, -0.05) is 22.9 Å². The molecule has 2 heterocycles. The van der Waals surface area contributed by atoms with Gasteiger partial charge in [0.15, 0.2) is 0 Å². The number of nitrogens with zero attached hydrogens (tertiary/aromatic N) is 4. The van der Waals surface area contributed by atoms with Crippen LogP contribution in [-0.2, 0) is 16.0 Å². The first kappa shape index (κ1) is 19.2. The largest absolute Gasteiger partial charge is 0.339 e. The Labute approximate surface area is 162 Å². The number of hydrogen-bond acceptors (Lipinski definition) is 6. The van der Waals surface area contributed by atoms with E-state index >= 15 is 0 Å². The highest BCUT2D eigenvalue weighted by Crippen LogP contribution is 2.15. The van der Waals surface area contributed by atoms with E-state index in [9.17, 15) is 9.59 Å². The van der Waals surface area contributed by atoms with Crippen LogP contribution in [-0.4, -0.2) is 45.4 Å². The zero-order chi connectivity index (χ0) is 19.9. The van der Waals surface area contributed by atoms with Crippen LogP contribution < -0.4 is 5.32 Å². The van der Waals surface area contributed by atoms with Crippen LogP contribution in [0, 0.1) is 6.92 Å². The molecule has 0 saturated carbocycles. The predicted molar refractivity (Wildman–Crippen MR) is 103 cm³/mol. The molecular formula is C20H21N5O3. The van der Waals surface area contributed by atoms with Crippen molar-refractivity contribution in [3.8, 4) is 11.4 Å². The molecule has 0 bridgehead atoms. The summed E-state index contributed by atoms with van der Waals surface area (Å²) in [6.45, 7) is 1.94. The van der Waals surface area contributed by atoms with Gasteiger partial charge in [-0.15, -0.1) is 0 Å². The molecule has 0 spiro atoms. The Morgan fingerprint density at radius 2 is 1.82 bits per heavy atom. The Bertz CT molecular complexity index is 938.